The zero-order valence-electron chi connectivity index (χ0n) is 10.9. The van der Waals surface area contributed by atoms with Crippen molar-refractivity contribution in [1.82, 2.24) is 9.78 Å². The fraction of sp³-hybridized carbons (Fsp3) is 0.0588. The predicted octanol–water partition coefficient (Wildman–Crippen LogP) is 3.11. The van der Waals surface area contributed by atoms with E-state index in [1.54, 1.807) is 6.20 Å². The third-order valence-electron chi connectivity index (χ3n) is 3.15. The van der Waals surface area contributed by atoms with Gasteiger partial charge in [-0.3, -0.25) is 4.79 Å². The lowest BCUT2D eigenvalue weighted by molar-refractivity contribution is 0.661. The molecule has 0 atom stereocenters. The van der Waals surface area contributed by atoms with E-state index in [0.717, 1.165) is 10.9 Å². The van der Waals surface area contributed by atoms with Gasteiger partial charge in [0.25, 0.3) is 5.56 Å². The molecule has 20 heavy (non-hydrogen) atoms. The first-order valence-electron chi connectivity index (χ1n) is 6.51. The van der Waals surface area contributed by atoms with E-state index in [2.05, 4.69) is 5.10 Å². The molecule has 3 nitrogen and oxygen atoms in total. The highest BCUT2D eigenvalue weighted by Gasteiger charge is 2.01. The molecule has 0 amide bonds. The molecule has 0 fully saturated rings. The molecule has 0 spiro atoms. The minimum Gasteiger partial charge on any atom is -0.267 e. The largest absolute Gasteiger partial charge is 0.274 e. The molecule has 98 valence electrons. The average Bonchev–Trinajstić information content (AvgIpc) is 2.51. The first-order valence-corrected chi connectivity index (χ1v) is 6.51. The Morgan fingerprint density at radius 1 is 1.00 bits per heavy atom. The Hall–Kier alpha value is -2.68. The summed E-state index contributed by atoms with van der Waals surface area (Å²) in [7, 11) is 0. The van der Waals surface area contributed by atoms with Crippen LogP contribution in [-0.4, -0.2) is 9.78 Å². The molecular weight excluding hydrogens is 248 g/mol. The highest BCUT2D eigenvalue weighted by Crippen LogP contribution is 2.06. The van der Waals surface area contributed by atoms with Crippen LogP contribution in [0.15, 0.2) is 71.7 Å². The molecule has 0 aliphatic carbocycles. The lowest BCUT2D eigenvalue weighted by atomic mass is 10.2. The van der Waals surface area contributed by atoms with Crippen LogP contribution >= 0.6 is 0 Å². The van der Waals surface area contributed by atoms with E-state index in [1.807, 2.05) is 66.7 Å². The van der Waals surface area contributed by atoms with E-state index in [9.17, 15) is 4.79 Å². The SMILES string of the molecule is O=c1c2ccccc2cnn1C/C=C/c1ccccc1. The highest BCUT2D eigenvalue weighted by atomic mass is 16.1. The van der Waals surface area contributed by atoms with Gasteiger partial charge in [-0.1, -0.05) is 60.7 Å². The van der Waals surface area contributed by atoms with Crippen LogP contribution in [-0.2, 0) is 6.54 Å². The fourth-order valence-corrected chi connectivity index (χ4v) is 2.11. The van der Waals surface area contributed by atoms with E-state index < -0.39 is 0 Å². The molecule has 0 bridgehead atoms. The lowest BCUT2D eigenvalue weighted by Crippen LogP contribution is -2.21. The summed E-state index contributed by atoms with van der Waals surface area (Å²) in [6.45, 7) is 0.471. The monoisotopic (exact) mass is 262 g/mol. The topological polar surface area (TPSA) is 34.9 Å². The average molecular weight is 262 g/mol. The van der Waals surface area contributed by atoms with Crippen LogP contribution in [0.25, 0.3) is 16.8 Å². The second-order valence-electron chi connectivity index (χ2n) is 4.53. The van der Waals surface area contributed by atoms with Gasteiger partial charge in [-0.05, 0) is 11.6 Å². The Kier molecular flexibility index (Phi) is 3.42. The second kappa shape index (κ2) is 5.53. The standard InChI is InChI=1S/C17H14N2O/c20-17-16-11-5-4-10-15(16)13-18-19(17)12-6-9-14-7-2-1-3-8-14/h1-11,13H,12H2/b9-6+. The van der Waals surface area contributed by atoms with Crippen molar-refractivity contribution in [2.75, 3.05) is 0 Å². The molecule has 1 heterocycles. The van der Waals surface area contributed by atoms with Gasteiger partial charge in [0, 0.05) is 5.39 Å². The Morgan fingerprint density at radius 2 is 1.75 bits per heavy atom. The van der Waals surface area contributed by atoms with Crippen LogP contribution in [0.3, 0.4) is 0 Å². The van der Waals surface area contributed by atoms with Gasteiger partial charge in [0.15, 0.2) is 0 Å². The van der Waals surface area contributed by atoms with Gasteiger partial charge in [-0.15, -0.1) is 0 Å². The summed E-state index contributed by atoms with van der Waals surface area (Å²) in [5.74, 6) is 0. The van der Waals surface area contributed by atoms with Gasteiger partial charge in [0.2, 0.25) is 0 Å². The summed E-state index contributed by atoms with van der Waals surface area (Å²) >= 11 is 0. The van der Waals surface area contributed by atoms with Gasteiger partial charge in [0.1, 0.15) is 0 Å². The fourth-order valence-electron chi connectivity index (χ4n) is 2.11. The molecule has 0 radical (unpaired) electrons. The molecule has 0 N–H and O–H groups in total. The van der Waals surface area contributed by atoms with Crippen LogP contribution in [0, 0.1) is 0 Å². The van der Waals surface area contributed by atoms with E-state index >= 15 is 0 Å². The molecule has 0 saturated heterocycles. The van der Waals surface area contributed by atoms with Crippen molar-refractivity contribution < 1.29 is 0 Å². The summed E-state index contributed by atoms with van der Waals surface area (Å²) < 4.78 is 1.47. The molecule has 3 aromatic rings. The molecule has 0 saturated carbocycles. The van der Waals surface area contributed by atoms with Gasteiger partial charge >= 0.3 is 0 Å². The number of nitrogens with zero attached hydrogens (tertiary/aromatic N) is 2. The summed E-state index contributed by atoms with van der Waals surface area (Å²) in [6, 6.07) is 17.5. The summed E-state index contributed by atoms with van der Waals surface area (Å²) in [6.07, 6.45) is 5.66. The van der Waals surface area contributed by atoms with Crippen molar-refractivity contribution >= 4 is 16.8 Å². The van der Waals surface area contributed by atoms with Crippen molar-refractivity contribution in [1.29, 1.82) is 0 Å². The number of rotatable bonds is 3. The Balaban J connectivity index is 1.87. The molecule has 0 aliphatic rings. The summed E-state index contributed by atoms with van der Waals surface area (Å²) in [5.41, 5.74) is 1.06. The van der Waals surface area contributed by atoms with Crippen molar-refractivity contribution in [3.05, 3.63) is 82.8 Å². The van der Waals surface area contributed by atoms with E-state index in [0.29, 0.717) is 11.9 Å². The number of fused-ring (bicyclic) bond motifs is 1. The molecule has 1 aromatic heterocycles. The third-order valence-corrected chi connectivity index (χ3v) is 3.15. The second-order valence-corrected chi connectivity index (χ2v) is 4.53. The first-order chi connectivity index (χ1) is 9.84. The molecule has 0 aliphatic heterocycles. The molecule has 3 rings (SSSR count). The summed E-state index contributed by atoms with van der Waals surface area (Å²) in [5, 5.41) is 5.77. The normalized spacial score (nSPS) is 11.2. The van der Waals surface area contributed by atoms with Crippen LogP contribution in [0.5, 0.6) is 0 Å². The van der Waals surface area contributed by atoms with Gasteiger partial charge in [-0.2, -0.15) is 5.10 Å². The minimum absolute atomic E-state index is 0.0548. The summed E-state index contributed by atoms with van der Waals surface area (Å²) in [4.78, 5) is 12.2. The first kappa shape index (κ1) is 12.4. The molecular formula is C17H14N2O. The van der Waals surface area contributed by atoms with Crippen LogP contribution in [0.2, 0.25) is 0 Å². The van der Waals surface area contributed by atoms with Gasteiger partial charge in [0.05, 0.1) is 18.1 Å². The molecule has 3 heteroatoms. The quantitative estimate of drug-likeness (QED) is 0.727. The van der Waals surface area contributed by atoms with E-state index in [1.165, 1.54) is 4.68 Å². The molecule has 2 aromatic carbocycles. The van der Waals surface area contributed by atoms with E-state index in [-0.39, 0.29) is 5.56 Å². The van der Waals surface area contributed by atoms with Crippen LogP contribution < -0.4 is 5.56 Å². The Labute approximate surface area is 116 Å². The smallest absolute Gasteiger partial charge is 0.267 e. The van der Waals surface area contributed by atoms with Crippen molar-refractivity contribution in [2.24, 2.45) is 0 Å². The Morgan fingerprint density at radius 3 is 2.60 bits per heavy atom. The van der Waals surface area contributed by atoms with Gasteiger partial charge < -0.3 is 0 Å². The zero-order valence-corrected chi connectivity index (χ0v) is 10.9. The maximum Gasteiger partial charge on any atom is 0.274 e. The van der Waals surface area contributed by atoms with E-state index in [4.69, 9.17) is 0 Å². The minimum atomic E-state index is -0.0548. The number of benzene rings is 2. The maximum atomic E-state index is 12.2. The number of aromatic nitrogens is 2. The lowest BCUT2D eigenvalue weighted by Gasteiger charge is -2.02. The Bertz CT molecular complexity index is 804. The van der Waals surface area contributed by atoms with Crippen molar-refractivity contribution in [3.63, 3.8) is 0 Å². The number of hydrogen-bond acceptors (Lipinski definition) is 2. The maximum absolute atomic E-state index is 12.2. The van der Waals surface area contributed by atoms with Crippen LogP contribution in [0.4, 0.5) is 0 Å². The van der Waals surface area contributed by atoms with Crippen molar-refractivity contribution in [2.45, 2.75) is 6.54 Å². The van der Waals surface area contributed by atoms with Crippen LogP contribution in [0.1, 0.15) is 5.56 Å². The number of hydrogen-bond donors (Lipinski definition) is 0. The number of allylic oxidation sites excluding steroid dienone is 1. The highest BCUT2D eigenvalue weighted by molar-refractivity contribution is 5.80. The van der Waals surface area contributed by atoms with Crippen molar-refractivity contribution in [3.8, 4) is 0 Å². The zero-order chi connectivity index (χ0) is 13.8. The van der Waals surface area contributed by atoms with Gasteiger partial charge in [-0.25, -0.2) is 4.68 Å². The molecule has 0 unspecified atom stereocenters. The predicted molar refractivity (Wildman–Crippen MR) is 81.5 cm³/mol. The third kappa shape index (κ3) is 2.52.